The molecule has 0 saturated heterocycles. The van der Waals surface area contributed by atoms with Gasteiger partial charge in [0, 0.05) is 5.60 Å². The van der Waals surface area contributed by atoms with Crippen molar-refractivity contribution in [3.63, 3.8) is 0 Å². The number of hydrogen-bond acceptors (Lipinski definition) is 1. The molecule has 0 aromatic carbocycles. The Labute approximate surface area is 43.7 Å². The molecule has 38 valence electrons. The van der Waals surface area contributed by atoms with E-state index >= 15 is 0 Å². The van der Waals surface area contributed by atoms with E-state index in [0.29, 0.717) is 0 Å². The summed E-state index contributed by atoms with van der Waals surface area (Å²) in [7, 11) is 0.848. The van der Waals surface area contributed by atoms with Crippen LogP contribution in [0, 0.1) is 0 Å². The van der Waals surface area contributed by atoms with Crippen LogP contribution in [0.25, 0.3) is 0 Å². The summed E-state index contributed by atoms with van der Waals surface area (Å²) in [4.78, 5) is 0. The van der Waals surface area contributed by atoms with E-state index in [4.69, 9.17) is 4.43 Å². The molecule has 2 heteroatoms. The Morgan fingerprint density at radius 3 is 1.67 bits per heavy atom. The van der Waals surface area contributed by atoms with Gasteiger partial charge in [-0.05, 0) is 20.8 Å². The topological polar surface area (TPSA) is 9.23 Å². The zero-order valence-electron chi connectivity index (χ0n) is 5.91. The Kier molecular flexibility index (Phi) is 1.81. The number of rotatable bonds is 0. The van der Waals surface area contributed by atoms with Crippen molar-refractivity contribution in [2.45, 2.75) is 26.4 Å². The maximum atomic E-state index is 5.08. The SMILES string of the molecule is CC(C)(C)O[SiH3].[H+]. The van der Waals surface area contributed by atoms with Crippen LogP contribution in [0.5, 0.6) is 0 Å². The van der Waals surface area contributed by atoms with Gasteiger partial charge in [0.1, 0.15) is 10.5 Å². The van der Waals surface area contributed by atoms with Gasteiger partial charge in [0.25, 0.3) is 0 Å². The van der Waals surface area contributed by atoms with Gasteiger partial charge in [0.15, 0.2) is 0 Å². The molecule has 0 saturated carbocycles. The molecule has 0 atom stereocenters. The summed E-state index contributed by atoms with van der Waals surface area (Å²) in [5.41, 5.74) is 0.103. The van der Waals surface area contributed by atoms with Gasteiger partial charge in [-0.3, -0.25) is 0 Å². The molecule has 0 radical (unpaired) electrons. The Morgan fingerprint density at radius 2 is 1.67 bits per heavy atom. The van der Waals surface area contributed by atoms with Crippen LogP contribution in [0.2, 0.25) is 0 Å². The molecule has 0 aromatic rings. The van der Waals surface area contributed by atoms with Crippen molar-refractivity contribution >= 4 is 10.5 Å². The molecule has 0 spiro atoms. The van der Waals surface area contributed by atoms with Crippen LogP contribution in [0.15, 0.2) is 0 Å². The molecule has 0 bridgehead atoms. The molecule has 0 rings (SSSR count). The maximum Gasteiger partial charge on any atom is 1.00 e. The molecule has 0 aliphatic rings. The Hall–Kier alpha value is 0.177. The number of hydrogen-bond donors (Lipinski definition) is 0. The van der Waals surface area contributed by atoms with Gasteiger partial charge in [-0.15, -0.1) is 0 Å². The molecular weight excluding hydrogens is 92.1 g/mol. The quantitative estimate of drug-likeness (QED) is 0.400. The van der Waals surface area contributed by atoms with Crippen LogP contribution in [-0.2, 0) is 4.43 Å². The van der Waals surface area contributed by atoms with E-state index in [9.17, 15) is 0 Å². The van der Waals surface area contributed by atoms with Gasteiger partial charge < -0.3 is 4.43 Å². The van der Waals surface area contributed by atoms with E-state index in [0.717, 1.165) is 10.5 Å². The molecule has 6 heavy (non-hydrogen) atoms. The first-order valence-electron chi connectivity index (χ1n) is 2.11. The predicted molar refractivity (Wildman–Crippen MR) is 31.9 cm³/mol. The predicted octanol–water partition coefficient (Wildman–Crippen LogP) is 0.194. The minimum Gasteiger partial charge on any atom is -0.423 e. The van der Waals surface area contributed by atoms with Crippen LogP contribution < -0.4 is 0 Å². The highest BCUT2D eigenvalue weighted by Gasteiger charge is 2.03. The first kappa shape index (κ1) is 6.18. The summed E-state index contributed by atoms with van der Waals surface area (Å²) in [5, 5.41) is 0. The van der Waals surface area contributed by atoms with Gasteiger partial charge in [-0.2, -0.15) is 0 Å². The van der Waals surface area contributed by atoms with Crippen molar-refractivity contribution in [2.75, 3.05) is 0 Å². The van der Waals surface area contributed by atoms with Crippen LogP contribution in [0.1, 0.15) is 22.2 Å². The molecule has 0 fully saturated rings. The fraction of sp³-hybridized carbons (Fsp3) is 1.00. The summed E-state index contributed by atoms with van der Waals surface area (Å²) in [5.74, 6) is 0. The summed E-state index contributed by atoms with van der Waals surface area (Å²) >= 11 is 0. The first-order valence-corrected chi connectivity index (χ1v) is 2.93. The highest BCUT2D eigenvalue weighted by Crippen LogP contribution is 2.01. The van der Waals surface area contributed by atoms with Crippen LogP contribution in [0.3, 0.4) is 0 Å². The van der Waals surface area contributed by atoms with Gasteiger partial charge in [0.05, 0.1) is 0 Å². The average Bonchev–Trinajstić information content (AvgIpc) is 1.35. The highest BCUT2D eigenvalue weighted by atomic mass is 28.2. The normalized spacial score (nSPS) is 12.5. The molecule has 0 aromatic heterocycles. The molecule has 0 heterocycles. The molecule has 0 N–H and O–H groups in total. The fourth-order valence-electron chi connectivity index (χ4n) is 0. The van der Waals surface area contributed by atoms with E-state index in [1.165, 1.54) is 0 Å². The zero-order valence-corrected chi connectivity index (χ0v) is 6.91. The monoisotopic (exact) mass is 105 g/mol. The second-order valence-corrected chi connectivity index (χ2v) is 2.72. The van der Waals surface area contributed by atoms with Crippen molar-refractivity contribution in [2.24, 2.45) is 0 Å². The highest BCUT2D eigenvalue weighted by molar-refractivity contribution is 5.98. The Bertz CT molecular complexity index is 41.4. The minimum atomic E-state index is 0. The summed E-state index contributed by atoms with van der Waals surface area (Å²) in [6.07, 6.45) is 0. The second kappa shape index (κ2) is 1.75. The van der Waals surface area contributed by atoms with Gasteiger partial charge in [-0.25, -0.2) is 0 Å². The van der Waals surface area contributed by atoms with Crippen LogP contribution >= 0.6 is 0 Å². The van der Waals surface area contributed by atoms with Gasteiger partial charge in [0.2, 0.25) is 0 Å². The Morgan fingerprint density at radius 1 is 1.50 bits per heavy atom. The van der Waals surface area contributed by atoms with E-state index in [1.807, 2.05) is 0 Å². The van der Waals surface area contributed by atoms with Crippen LogP contribution in [-0.4, -0.2) is 16.1 Å². The van der Waals surface area contributed by atoms with E-state index in [-0.39, 0.29) is 7.03 Å². The smallest absolute Gasteiger partial charge is 0.423 e. The molecule has 0 amide bonds. The third-order valence-corrected chi connectivity index (χ3v) is 1.84. The van der Waals surface area contributed by atoms with E-state index in [2.05, 4.69) is 20.8 Å². The van der Waals surface area contributed by atoms with Gasteiger partial charge in [-0.1, -0.05) is 0 Å². The maximum absolute atomic E-state index is 5.08. The zero-order chi connectivity index (χ0) is 5.21. The second-order valence-electron chi connectivity index (χ2n) is 2.32. The third kappa shape index (κ3) is 4.18. The fourth-order valence-corrected chi connectivity index (χ4v) is 0. The standard InChI is InChI=1S/C4H12OSi/c1-4(2,3)5-6/h1-3,6H3/p+1. The minimum absolute atomic E-state index is 0. The molecule has 0 unspecified atom stereocenters. The molecule has 0 aliphatic heterocycles. The third-order valence-electron chi connectivity index (χ3n) is 0.612. The van der Waals surface area contributed by atoms with Crippen molar-refractivity contribution < 1.29 is 5.85 Å². The van der Waals surface area contributed by atoms with Crippen LogP contribution in [0.4, 0.5) is 0 Å². The largest absolute Gasteiger partial charge is 1.00 e. The average molecular weight is 105 g/mol. The van der Waals surface area contributed by atoms with E-state index in [1.54, 1.807) is 0 Å². The van der Waals surface area contributed by atoms with Crippen molar-refractivity contribution in [1.29, 1.82) is 0 Å². The lowest BCUT2D eigenvalue weighted by molar-refractivity contribution is 0.147. The van der Waals surface area contributed by atoms with Gasteiger partial charge >= 0.3 is 1.43 Å². The summed E-state index contributed by atoms with van der Waals surface area (Å²) in [6.45, 7) is 6.17. The lowest BCUT2D eigenvalue weighted by Crippen LogP contribution is -2.16. The lowest BCUT2D eigenvalue weighted by atomic mass is 10.2. The molecule has 0 aliphatic carbocycles. The summed E-state index contributed by atoms with van der Waals surface area (Å²) < 4.78 is 5.08. The molecular formula is C4H13OSi+. The van der Waals surface area contributed by atoms with Crippen molar-refractivity contribution in [3.8, 4) is 0 Å². The van der Waals surface area contributed by atoms with Crippen molar-refractivity contribution in [1.82, 2.24) is 0 Å². The van der Waals surface area contributed by atoms with Crippen molar-refractivity contribution in [3.05, 3.63) is 0 Å². The lowest BCUT2D eigenvalue weighted by Gasteiger charge is -2.15. The van der Waals surface area contributed by atoms with E-state index < -0.39 is 0 Å². The Balaban J connectivity index is 0. The summed E-state index contributed by atoms with van der Waals surface area (Å²) in [6, 6.07) is 0. The molecule has 1 nitrogen and oxygen atoms in total. The first-order chi connectivity index (χ1) is 2.56.